The molecule has 0 aliphatic carbocycles. The number of rotatable bonds is 5. The van der Waals surface area contributed by atoms with E-state index in [1.807, 2.05) is 12.1 Å². The Morgan fingerprint density at radius 1 is 1.56 bits per heavy atom. The number of pyridine rings is 1. The van der Waals surface area contributed by atoms with Gasteiger partial charge in [-0.3, -0.25) is 10.1 Å². The molecule has 0 aromatic carbocycles. The molecule has 1 N–H and O–H groups in total. The Bertz CT molecular complexity index is 538. The van der Waals surface area contributed by atoms with E-state index in [1.165, 1.54) is 6.07 Å². The van der Waals surface area contributed by atoms with E-state index < -0.39 is 4.92 Å². The maximum absolute atomic E-state index is 10.9. The van der Waals surface area contributed by atoms with Gasteiger partial charge in [0.15, 0.2) is 0 Å². The van der Waals surface area contributed by atoms with Crippen LogP contribution in [-0.4, -0.2) is 16.5 Å². The third kappa shape index (κ3) is 2.85. The lowest BCUT2D eigenvalue weighted by molar-refractivity contribution is -0.384. The lowest BCUT2D eigenvalue weighted by Crippen LogP contribution is -2.08. The fourth-order valence-corrected chi connectivity index (χ4v) is 1.59. The van der Waals surface area contributed by atoms with Crippen molar-refractivity contribution in [3.05, 3.63) is 52.1 Å². The quantitative estimate of drug-likeness (QED) is 0.648. The number of hydrogen-bond acceptors (Lipinski definition) is 5. The van der Waals surface area contributed by atoms with Gasteiger partial charge in [0.2, 0.25) is 5.82 Å². The molecule has 94 valence electrons. The van der Waals surface area contributed by atoms with Gasteiger partial charge in [-0.25, -0.2) is 4.98 Å². The molecule has 0 amide bonds. The predicted molar refractivity (Wildman–Crippen MR) is 66.5 cm³/mol. The highest BCUT2D eigenvalue weighted by Gasteiger charge is 2.14. The van der Waals surface area contributed by atoms with Gasteiger partial charge in [-0.1, -0.05) is 0 Å². The fourth-order valence-electron chi connectivity index (χ4n) is 1.59. The minimum absolute atomic E-state index is 0.00514. The van der Waals surface area contributed by atoms with Crippen LogP contribution in [-0.2, 0) is 6.42 Å². The van der Waals surface area contributed by atoms with Crippen molar-refractivity contribution in [2.24, 2.45) is 0 Å². The third-order valence-corrected chi connectivity index (χ3v) is 2.44. The van der Waals surface area contributed by atoms with Crippen molar-refractivity contribution in [1.82, 2.24) is 4.98 Å². The van der Waals surface area contributed by atoms with Crippen LogP contribution in [0.1, 0.15) is 11.3 Å². The number of nitrogens with one attached hydrogen (secondary N) is 1. The molecule has 0 unspecified atom stereocenters. The summed E-state index contributed by atoms with van der Waals surface area (Å²) in [5, 5.41) is 13.8. The summed E-state index contributed by atoms with van der Waals surface area (Å²) >= 11 is 0. The second kappa shape index (κ2) is 5.31. The van der Waals surface area contributed by atoms with Crippen LogP contribution < -0.4 is 5.32 Å². The van der Waals surface area contributed by atoms with E-state index in [0.29, 0.717) is 13.0 Å². The zero-order valence-corrected chi connectivity index (χ0v) is 9.92. The summed E-state index contributed by atoms with van der Waals surface area (Å²) in [6, 6.07) is 5.17. The van der Waals surface area contributed by atoms with Gasteiger partial charge in [-0.2, -0.15) is 0 Å². The van der Waals surface area contributed by atoms with Crippen LogP contribution in [0.4, 0.5) is 11.5 Å². The van der Waals surface area contributed by atoms with Gasteiger partial charge < -0.3 is 9.73 Å². The minimum atomic E-state index is -0.435. The maximum Gasteiger partial charge on any atom is 0.311 e. The summed E-state index contributed by atoms with van der Waals surface area (Å²) in [4.78, 5) is 14.5. The first-order chi connectivity index (χ1) is 8.66. The molecule has 2 rings (SSSR count). The summed E-state index contributed by atoms with van der Waals surface area (Å²) in [5.74, 6) is 1.12. The molecule has 0 bridgehead atoms. The first kappa shape index (κ1) is 12.1. The van der Waals surface area contributed by atoms with E-state index in [2.05, 4.69) is 10.3 Å². The maximum atomic E-state index is 10.9. The molecule has 0 saturated heterocycles. The van der Waals surface area contributed by atoms with Gasteiger partial charge in [0.1, 0.15) is 5.76 Å². The minimum Gasteiger partial charge on any atom is -0.469 e. The number of nitrogens with zero attached hydrogens (tertiary/aromatic N) is 2. The van der Waals surface area contributed by atoms with Crippen molar-refractivity contribution < 1.29 is 9.34 Å². The smallest absolute Gasteiger partial charge is 0.311 e. The summed E-state index contributed by atoms with van der Waals surface area (Å²) in [7, 11) is 0. The molecule has 0 aliphatic rings. The largest absolute Gasteiger partial charge is 0.469 e. The predicted octanol–water partition coefficient (Wildman–Crippen LogP) is 2.55. The highest BCUT2D eigenvalue weighted by molar-refractivity contribution is 5.56. The number of aromatic nitrogens is 1. The molecule has 0 aliphatic heterocycles. The molecule has 2 heterocycles. The van der Waals surface area contributed by atoms with Crippen molar-refractivity contribution in [1.29, 1.82) is 0 Å². The molecular formula is C12H13N3O3. The Morgan fingerprint density at radius 2 is 2.39 bits per heavy atom. The van der Waals surface area contributed by atoms with Gasteiger partial charge in [0.05, 0.1) is 11.2 Å². The van der Waals surface area contributed by atoms with Crippen LogP contribution in [0.25, 0.3) is 0 Å². The molecule has 2 aromatic rings. The van der Waals surface area contributed by atoms with Crippen LogP contribution >= 0.6 is 0 Å². The average molecular weight is 247 g/mol. The lowest BCUT2D eigenvalue weighted by Gasteiger charge is -2.05. The van der Waals surface area contributed by atoms with Crippen LogP contribution in [0.3, 0.4) is 0 Å². The van der Waals surface area contributed by atoms with Crippen LogP contribution in [0, 0.1) is 17.0 Å². The molecule has 0 fully saturated rings. The molecule has 0 atom stereocenters. The molecule has 6 heteroatoms. The molecule has 0 saturated carbocycles. The Labute approximate surface area is 104 Å². The van der Waals surface area contributed by atoms with Gasteiger partial charge in [0.25, 0.3) is 0 Å². The SMILES string of the molecule is Cc1cnc(NCCc2ccco2)c([N+](=O)[O-])c1. The van der Waals surface area contributed by atoms with Crippen molar-refractivity contribution in [3.63, 3.8) is 0 Å². The number of hydrogen-bond donors (Lipinski definition) is 1. The average Bonchev–Trinajstić information content (AvgIpc) is 2.84. The van der Waals surface area contributed by atoms with Crippen molar-refractivity contribution in [2.45, 2.75) is 13.3 Å². The van der Waals surface area contributed by atoms with Gasteiger partial charge in [0, 0.05) is 25.2 Å². The molecule has 18 heavy (non-hydrogen) atoms. The van der Waals surface area contributed by atoms with E-state index in [9.17, 15) is 10.1 Å². The van der Waals surface area contributed by atoms with E-state index in [1.54, 1.807) is 19.4 Å². The second-order valence-electron chi connectivity index (χ2n) is 3.89. The van der Waals surface area contributed by atoms with Crippen molar-refractivity contribution >= 4 is 11.5 Å². The fraction of sp³-hybridized carbons (Fsp3) is 0.250. The molecule has 6 nitrogen and oxygen atoms in total. The first-order valence-electron chi connectivity index (χ1n) is 5.54. The van der Waals surface area contributed by atoms with Crippen molar-refractivity contribution in [2.75, 3.05) is 11.9 Å². The standard InChI is InChI=1S/C12H13N3O3/c1-9-7-11(15(16)17)12(14-8-9)13-5-4-10-3-2-6-18-10/h2-3,6-8H,4-5H2,1H3,(H,13,14). The monoisotopic (exact) mass is 247 g/mol. The molecule has 2 aromatic heterocycles. The topological polar surface area (TPSA) is 81.2 Å². The summed E-state index contributed by atoms with van der Waals surface area (Å²) in [6.07, 6.45) is 3.85. The first-order valence-corrected chi connectivity index (χ1v) is 5.54. The molecule has 0 spiro atoms. The number of anilines is 1. The normalized spacial score (nSPS) is 10.3. The summed E-state index contributed by atoms with van der Waals surface area (Å²) < 4.78 is 5.17. The Kier molecular flexibility index (Phi) is 3.57. The zero-order chi connectivity index (χ0) is 13.0. The zero-order valence-electron chi connectivity index (χ0n) is 9.92. The van der Waals surface area contributed by atoms with E-state index in [4.69, 9.17) is 4.42 Å². The van der Waals surface area contributed by atoms with Gasteiger partial charge in [-0.15, -0.1) is 0 Å². The number of aryl methyl sites for hydroxylation is 1. The van der Waals surface area contributed by atoms with Crippen LogP contribution in [0.2, 0.25) is 0 Å². The Balaban J connectivity index is 2.02. The van der Waals surface area contributed by atoms with E-state index in [0.717, 1.165) is 11.3 Å². The number of furan rings is 1. The van der Waals surface area contributed by atoms with Crippen LogP contribution in [0.5, 0.6) is 0 Å². The molecule has 0 radical (unpaired) electrons. The summed E-state index contributed by atoms with van der Waals surface area (Å²) in [6.45, 7) is 2.30. The summed E-state index contributed by atoms with van der Waals surface area (Å²) in [5.41, 5.74) is 0.757. The van der Waals surface area contributed by atoms with E-state index >= 15 is 0 Å². The molecular weight excluding hydrogens is 234 g/mol. The van der Waals surface area contributed by atoms with E-state index in [-0.39, 0.29) is 11.5 Å². The highest BCUT2D eigenvalue weighted by atomic mass is 16.6. The van der Waals surface area contributed by atoms with Gasteiger partial charge >= 0.3 is 5.69 Å². The number of nitro groups is 1. The highest BCUT2D eigenvalue weighted by Crippen LogP contribution is 2.22. The Hall–Kier alpha value is -2.37. The van der Waals surface area contributed by atoms with Crippen molar-refractivity contribution in [3.8, 4) is 0 Å². The second-order valence-corrected chi connectivity index (χ2v) is 3.89. The van der Waals surface area contributed by atoms with Gasteiger partial charge in [-0.05, 0) is 24.6 Å². The lowest BCUT2D eigenvalue weighted by atomic mass is 10.2. The van der Waals surface area contributed by atoms with Crippen LogP contribution in [0.15, 0.2) is 35.1 Å². The third-order valence-electron chi connectivity index (χ3n) is 2.44. The Morgan fingerprint density at radius 3 is 3.06 bits per heavy atom.